The Hall–Kier alpha value is -0.970. The van der Waals surface area contributed by atoms with Crippen molar-refractivity contribution in [1.29, 1.82) is 0 Å². The lowest BCUT2D eigenvalue weighted by atomic mass is 10.0. The van der Waals surface area contributed by atoms with Crippen LogP contribution >= 0.6 is 23.2 Å². The number of phenols is 1. The van der Waals surface area contributed by atoms with Crippen LogP contribution in [-0.4, -0.2) is 17.7 Å². The highest BCUT2D eigenvalue weighted by Crippen LogP contribution is 2.34. The van der Waals surface area contributed by atoms with Crippen molar-refractivity contribution in [3.63, 3.8) is 0 Å². The first-order valence-corrected chi connectivity index (χ1v) is 5.80. The molecule has 1 aromatic carbocycles. The maximum atomic E-state index is 11.2. The number of carbonyl (C=O) groups excluding carboxylic acids is 1. The zero-order chi connectivity index (χ0) is 13.0. The third-order valence-electron chi connectivity index (χ3n) is 2.16. The lowest BCUT2D eigenvalue weighted by Crippen LogP contribution is -2.17. The van der Waals surface area contributed by atoms with E-state index in [4.69, 9.17) is 33.7 Å². The van der Waals surface area contributed by atoms with Crippen molar-refractivity contribution in [3.05, 3.63) is 27.7 Å². The number of nitrogens with two attached hydrogens (primary N) is 1. The van der Waals surface area contributed by atoms with Crippen LogP contribution in [0.1, 0.15) is 24.9 Å². The van der Waals surface area contributed by atoms with Gasteiger partial charge in [0.15, 0.2) is 5.75 Å². The van der Waals surface area contributed by atoms with E-state index in [9.17, 15) is 9.90 Å². The molecule has 3 N–H and O–H groups in total. The lowest BCUT2D eigenvalue weighted by molar-refractivity contribution is -0.143. The van der Waals surface area contributed by atoms with Crippen LogP contribution in [0.5, 0.6) is 5.75 Å². The number of phenolic OH excluding ortho intramolecular Hbond substituents is 1. The molecule has 0 saturated carbocycles. The van der Waals surface area contributed by atoms with Crippen LogP contribution in [0.4, 0.5) is 0 Å². The maximum Gasteiger partial charge on any atom is 0.307 e. The molecule has 0 fully saturated rings. The second-order valence-electron chi connectivity index (χ2n) is 3.45. The highest BCUT2D eigenvalue weighted by molar-refractivity contribution is 6.37. The third kappa shape index (κ3) is 3.77. The third-order valence-corrected chi connectivity index (χ3v) is 2.74. The molecular weight excluding hydrogens is 265 g/mol. The minimum absolute atomic E-state index is 0.0330. The molecule has 0 amide bonds. The van der Waals surface area contributed by atoms with E-state index in [0.29, 0.717) is 12.2 Å². The van der Waals surface area contributed by atoms with E-state index in [1.165, 1.54) is 12.1 Å². The first-order chi connectivity index (χ1) is 7.95. The van der Waals surface area contributed by atoms with Gasteiger partial charge in [-0.15, -0.1) is 0 Å². The largest absolute Gasteiger partial charge is 0.505 e. The second-order valence-corrected chi connectivity index (χ2v) is 4.26. The molecule has 0 saturated heterocycles. The fourth-order valence-corrected chi connectivity index (χ4v) is 1.82. The number of ether oxygens (including phenoxy) is 1. The Bertz CT molecular complexity index is 400. The summed E-state index contributed by atoms with van der Waals surface area (Å²) in [6.45, 7) is 2.03. The van der Waals surface area contributed by atoms with Crippen molar-refractivity contribution in [3.8, 4) is 5.75 Å². The van der Waals surface area contributed by atoms with E-state index < -0.39 is 6.04 Å². The molecule has 0 aliphatic carbocycles. The summed E-state index contributed by atoms with van der Waals surface area (Å²) in [7, 11) is 0. The molecule has 4 nitrogen and oxygen atoms in total. The fourth-order valence-electron chi connectivity index (χ4n) is 1.32. The van der Waals surface area contributed by atoms with E-state index in [2.05, 4.69) is 0 Å². The first-order valence-electron chi connectivity index (χ1n) is 5.04. The molecule has 0 radical (unpaired) electrons. The molecule has 1 aromatic rings. The average Bonchev–Trinajstić information content (AvgIpc) is 2.25. The minimum Gasteiger partial charge on any atom is -0.505 e. The van der Waals surface area contributed by atoms with Crippen molar-refractivity contribution in [2.45, 2.75) is 19.4 Å². The molecule has 94 valence electrons. The van der Waals surface area contributed by atoms with Gasteiger partial charge in [0.05, 0.1) is 23.1 Å². The summed E-state index contributed by atoms with van der Waals surface area (Å²) in [5, 5.41) is 9.59. The standard InChI is InChI=1S/C11H13Cl2NO3/c1-2-17-10(15)5-9(14)6-3-7(12)11(16)8(13)4-6/h3-4,9,16H,2,5,14H2,1H3/t9-/m1/s1. The van der Waals surface area contributed by atoms with Gasteiger partial charge in [-0.2, -0.15) is 0 Å². The number of benzene rings is 1. The minimum atomic E-state index is -0.565. The Kier molecular flexibility index (Phi) is 5.05. The van der Waals surface area contributed by atoms with Crippen molar-refractivity contribution in [1.82, 2.24) is 0 Å². The number of esters is 1. The summed E-state index contributed by atoms with van der Waals surface area (Å²) in [6.07, 6.45) is 0.0330. The fraction of sp³-hybridized carbons (Fsp3) is 0.364. The van der Waals surface area contributed by atoms with Gasteiger partial charge in [-0.3, -0.25) is 4.79 Å². The SMILES string of the molecule is CCOC(=O)C[C@@H](N)c1cc(Cl)c(O)c(Cl)c1. The van der Waals surface area contributed by atoms with Crippen molar-refractivity contribution < 1.29 is 14.6 Å². The quantitative estimate of drug-likeness (QED) is 0.830. The van der Waals surface area contributed by atoms with Crippen molar-refractivity contribution in [2.24, 2.45) is 5.73 Å². The van der Waals surface area contributed by atoms with Crippen LogP contribution in [-0.2, 0) is 9.53 Å². The maximum absolute atomic E-state index is 11.2. The topological polar surface area (TPSA) is 72.5 Å². The van der Waals surface area contributed by atoms with Gasteiger partial charge in [0, 0.05) is 6.04 Å². The molecule has 0 heterocycles. The molecule has 6 heteroatoms. The Morgan fingerprint density at radius 2 is 2.00 bits per heavy atom. The van der Waals surface area contributed by atoms with Crippen LogP contribution in [0.25, 0.3) is 0 Å². The predicted octanol–water partition coefficient (Wildman–Crippen LogP) is 2.65. The number of halogens is 2. The Balaban J connectivity index is 2.82. The van der Waals surface area contributed by atoms with Crippen LogP contribution in [0.15, 0.2) is 12.1 Å². The molecule has 0 unspecified atom stereocenters. The monoisotopic (exact) mass is 277 g/mol. The van der Waals surface area contributed by atoms with E-state index in [-0.39, 0.29) is 28.2 Å². The molecule has 0 bridgehead atoms. The van der Waals surface area contributed by atoms with Gasteiger partial charge >= 0.3 is 5.97 Å². The van der Waals surface area contributed by atoms with Crippen molar-refractivity contribution in [2.75, 3.05) is 6.61 Å². The van der Waals surface area contributed by atoms with Gasteiger partial charge in [0.2, 0.25) is 0 Å². The number of aromatic hydroxyl groups is 1. The van der Waals surface area contributed by atoms with Gasteiger partial charge in [0.25, 0.3) is 0 Å². The molecule has 1 atom stereocenters. The van der Waals surface area contributed by atoms with Gasteiger partial charge in [-0.1, -0.05) is 23.2 Å². The average molecular weight is 278 g/mol. The number of rotatable bonds is 4. The molecule has 0 aliphatic rings. The van der Waals surface area contributed by atoms with E-state index in [1.54, 1.807) is 6.92 Å². The molecule has 0 spiro atoms. The first kappa shape index (κ1) is 14.1. The van der Waals surface area contributed by atoms with E-state index >= 15 is 0 Å². The van der Waals surface area contributed by atoms with Gasteiger partial charge in [-0.05, 0) is 24.6 Å². The van der Waals surface area contributed by atoms with Crippen LogP contribution in [0.3, 0.4) is 0 Å². The van der Waals surface area contributed by atoms with Crippen LogP contribution < -0.4 is 5.73 Å². The van der Waals surface area contributed by atoms with Crippen LogP contribution in [0.2, 0.25) is 10.0 Å². The highest BCUT2D eigenvalue weighted by atomic mass is 35.5. The summed E-state index contributed by atoms with van der Waals surface area (Å²) in [4.78, 5) is 11.2. The number of carbonyl (C=O) groups is 1. The zero-order valence-electron chi connectivity index (χ0n) is 9.24. The molecular formula is C11H13Cl2NO3. The molecule has 1 rings (SSSR count). The van der Waals surface area contributed by atoms with Gasteiger partial charge < -0.3 is 15.6 Å². The van der Waals surface area contributed by atoms with Gasteiger partial charge in [-0.25, -0.2) is 0 Å². The summed E-state index contributed by atoms with van der Waals surface area (Å²) >= 11 is 11.5. The summed E-state index contributed by atoms with van der Waals surface area (Å²) in [5.41, 5.74) is 6.39. The Morgan fingerprint density at radius 1 is 1.47 bits per heavy atom. The lowest BCUT2D eigenvalue weighted by Gasteiger charge is -2.12. The van der Waals surface area contributed by atoms with Crippen LogP contribution in [0, 0.1) is 0 Å². The predicted molar refractivity (Wildman–Crippen MR) is 66.3 cm³/mol. The Labute approximate surface area is 109 Å². The van der Waals surface area contributed by atoms with Crippen molar-refractivity contribution >= 4 is 29.2 Å². The highest BCUT2D eigenvalue weighted by Gasteiger charge is 2.15. The molecule has 0 aliphatic heterocycles. The Morgan fingerprint density at radius 3 is 2.47 bits per heavy atom. The second kappa shape index (κ2) is 6.10. The normalized spacial score (nSPS) is 12.2. The smallest absolute Gasteiger partial charge is 0.307 e. The molecule has 17 heavy (non-hydrogen) atoms. The summed E-state index contributed by atoms with van der Waals surface area (Å²) in [6, 6.07) is 2.39. The van der Waals surface area contributed by atoms with E-state index in [0.717, 1.165) is 0 Å². The molecule has 0 aromatic heterocycles. The summed E-state index contributed by atoms with van der Waals surface area (Å²) < 4.78 is 4.78. The zero-order valence-corrected chi connectivity index (χ0v) is 10.8. The number of hydrogen-bond acceptors (Lipinski definition) is 4. The van der Waals surface area contributed by atoms with E-state index in [1.807, 2.05) is 0 Å². The summed E-state index contributed by atoms with van der Waals surface area (Å²) in [5.74, 6) is -0.583. The van der Waals surface area contributed by atoms with Gasteiger partial charge in [0.1, 0.15) is 0 Å². The number of hydrogen-bond donors (Lipinski definition) is 2.